The lowest BCUT2D eigenvalue weighted by Crippen LogP contribution is -2.22. The fourth-order valence-electron chi connectivity index (χ4n) is 1.70. The molecule has 2 rings (SSSR count). The summed E-state index contributed by atoms with van der Waals surface area (Å²) in [6.07, 6.45) is 0.0942. The van der Waals surface area contributed by atoms with Crippen LogP contribution < -0.4 is 10.1 Å². The molecule has 0 spiro atoms. The fraction of sp³-hybridized carbons (Fsp3) is 0.267. The highest BCUT2D eigenvalue weighted by Gasteiger charge is 2.08. The van der Waals surface area contributed by atoms with Gasteiger partial charge < -0.3 is 10.1 Å². The fourth-order valence-corrected chi connectivity index (χ4v) is 3.09. The van der Waals surface area contributed by atoms with Crippen LogP contribution in [-0.4, -0.2) is 12.0 Å². The predicted molar refractivity (Wildman–Crippen MR) is 85.4 cm³/mol. The highest BCUT2D eigenvalue weighted by atomic mass is 79.9. The van der Waals surface area contributed by atoms with Gasteiger partial charge in [-0.05, 0) is 54.0 Å². The van der Waals surface area contributed by atoms with Crippen molar-refractivity contribution in [2.75, 3.05) is 0 Å². The van der Waals surface area contributed by atoms with Crippen molar-refractivity contribution < 1.29 is 9.53 Å². The number of rotatable bonds is 5. The van der Waals surface area contributed by atoms with Gasteiger partial charge in [0.2, 0.25) is 0 Å². The molecule has 0 atom stereocenters. The monoisotopic (exact) mass is 353 g/mol. The molecule has 1 amide bonds. The van der Waals surface area contributed by atoms with E-state index in [0.717, 1.165) is 9.35 Å². The average Bonchev–Trinajstić information content (AvgIpc) is 2.81. The van der Waals surface area contributed by atoms with E-state index in [1.54, 1.807) is 23.5 Å². The number of benzene rings is 1. The molecule has 0 saturated carbocycles. The summed E-state index contributed by atoms with van der Waals surface area (Å²) in [5.74, 6) is 0.621. The molecule has 1 aromatic carbocycles. The van der Waals surface area contributed by atoms with Crippen LogP contribution in [0.4, 0.5) is 0 Å². The first kappa shape index (κ1) is 15.1. The smallest absolute Gasteiger partial charge is 0.251 e. The van der Waals surface area contributed by atoms with E-state index in [1.165, 1.54) is 0 Å². The summed E-state index contributed by atoms with van der Waals surface area (Å²) in [4.78, 5) is 13.2. The Morgan fingerprint density at radius 1 is 1.40 bits per heavy atom. The average molecular weight is 354 g/mol. The molecule has 1 N–H and O–H groups in total. The van der Waals surface area contributed by atoms with Crippen LogP contribution in [0.1, 0.15) is 29.1 Å². The second kappa shape index (κ2) is 6.90. The van der Waals surface area contributed by atoms with E-state index >= 15 is 0 Å². The van der Waals surface area contributed by atoms with Crippen LogP contribution in [0.25, 0.3) is 0 Å². The molecule has 0 aliphatic heterocycles. The van der Waals surface area contributed by atoms with Crippen molar-refractivity contribution in [1.82, 2.24) is 5.32 Å². The predicted octanol–water partition coefficient (Wildman–Crippen LogP) is 4.23. The van der Waals surface area contributed by atoms with E-state index < -0.39 is 0 Å². The number of halogens is 1. The van der Waals surface area contributed by atoms with Crippen LogP contribution in [-0.2, 0) is 6.54 Å². The lowest BCUT2D eigenvalue weighted by atomic mass is 10.2. The third-order valence-electron chi connectivity index (χ3n) is 2.51. The third-order valence-corrected chi connectivity index (χ3v) is 4.21. The van der Waals surface area contributed by atoms with Gasteiger partial charge in [-0.25, -0.2) is 0 Å². The molecule has 5 heteroatoms. The molecule has 106 valence electrons. The van der Waals surface area contributed by atoms with Crippen LogP contribution >= 0.6 is 27.3 Å². The largest absolute Gasteiger partial charge is 0.491 e. The van der Waals surface area contributed by atoms with Gasteiger partial charge in [-0.3, -0.25) is 4.79 Å². The van der Waals surface area contributed by atoms with E-state index in [1.807, 2.05) is 37.4 Å². The van der Waals surface area contributed by atoms with E-state index in [2.05, 4.69) is 21.2 Å². The molecular weight excluding hydrogens is 338 g/mol. The second-order valence-corrected chi connectivity index (χ2v) is 6.52. The number of ether oxygens (including phenoxy) is 1. The van der Waals surface area contributed by atoms with E-state index in [9.17, 15) is 4.79 Å². The summed E-state index contributed by atoms with van der Waals surface area (Å²) < 4.78 is 6.63. The Morgan fingerprint density at radius 3 is 2.85 bits per heavy atom. The maximum atomic E-state index is 12.1. The number of hydrogen-bond acceptors (Lipinski definition) is 3. The number of hydrogen-bond donors (Lipinski definition) is 1. The quantitative estimate of drug-likeness (QED) is 0.873. The molecule has 0 aliphatic rings. The molecule has 20 heavy (non-hydrogen) atoms. The number of carbonyl (C=O) groups is 1. The Morgan fingerprint density at radius 2 is 2.20 bits per heavy atom. The van der Waals surface area contributed by atoms with Crippen molar-refractivity contribution in [3.63, 3.8) is 0 Å². The maximum Gasteiger partial charge on any atom is 0.251 e. The molecule has 0 radical (unpaired) electrons. The summed E-state index contributed by atoms with van der Waals surface area (Å²) >= 11 is 5.01. The SMILES string of the molecule is CC(C)Oc1cccc(C(=O)NCc2cc(Br)cs2)c1. The van der Waals surface area contributed by atoms with Gasteiger partial charge in [0.1, 0.15) is 5.75 Å². The minimum atomic E-state index is -0.0938. The van der Waals surface area contributed by atoms with Crippen LogP contribution in [0.3, 0.4) is 0 Å². The minimum Gasteiger partial charge on any atom is -0.491 e. The Hall–Kier alpha value is -1.33. The summed E-state index contributed by atoms with van der Waals surface area (Å²) in [6, 6.07) is 9.23. The molecule has 0 bridgehead atoms. The van der Waals surface area contributed by atoms with Gasteiger partial charge in [0.05, 0.1) is 12.6 Å². The van der Waals surface area contributed by atoms with Crippen molar-refractivity contribution in [1.29, 1.82) is 0 Å². The second-order valence-electron chi connectivity index (χ2n) is 4.61. The van der Waals surface area contributed by atoms with Crippen LogP contribution in [0, 0.1) is 0 Å². The summed E-state index contributed by atoms with van der Waals surface area (Å²) in [5, 5.41) is 4.90. The zero-order valence-corrected chi connectivity index (χ0v) is 13.8. The molecule has 1 heterocycles. The lowest BCUT2D eigenvalue weighted by molar-refractivity contribution is 0.0950. The Balaban J connectivity index is 1.98. The topological polar surface area (TPSA) is 38.3 Å². The Kier molecular flexibility index (Phi) is 5.20. The van der Waals surface area contributed by atoms with Crippen LogP contribution in [0.5, 0.6) is 5.75 Å². The standard InChI is InChI=1S/C15H16BrNO2S/c1-10(2)19-13-5-3-4-11(6-13)15(18)17-8-14-7-12(16)9-20-14/h3-7,9-10H,8H2,1-2H3,(H,17,18). The van der Waals surface area contributed by atoms with E-state index in [0.29, 0.717) is 17.9 Å². The normalized spacial score (nSPS) is 10.6. The number of carbonyl (C=O) groups excluding carboxylic acids is 1. The molecule has 1 aromatic heterocycles. The highest BCUT2D eigenvalue weighted by Crippen LogP contribution is 2.20. The molecule has 0 aliphatic carbocycles. The van der Waals surface area contributed by atoms with Gasteiger partial charge in [-0.1, -0.05) is 6.07 Å². The first-order chi connectivity index (χ1) is 9.54. The van der Waals surface area contributed by atoms with Crippen LogP contribution in [0.2, 0.25) is 0 Å². The number of amides is 1. The number of thiophene rings is 1. The summed E-state index contributed by atoms with van der Waals surface area (Å²) in [6.45, 7) is 4.45. The van der Waals surface area contributed by atoms with Crippen molar-refractivity contribution in [2.45, 2.75) is 26.5 Å². The maximum absolute atomic E-state index is 12.1. The van der Waals surface area contributed by atoms with Gasteiger partial charge in [0, 0.05) is 20.3 Å². The minimum absolute atomic E-state index is 0.0938. The van der Waals surface area contributed by atoms with Crippen molar-refractivity contribution in [3.8, 4) is 5.75 Å². The Labute approximate surface area is 131 Å². The van der Waals surface area contributed by atoms with Crippen molar-refractivity contribution in [2.24, 2.45) is 0 Å². The van der Waals surface area contributed by atoms with Crippen molar-refractivity contribution in [3.05, 3.63) is 50.6 Å². The highest BCUT2D eigenvalue weighted by molar-refractivity contribution is 9.10. The lowest BCUT2D eigenvalue weighted by Gasteiger charge is -2.10. The first-order valence-electron chi connectivity index (χ1n) is 6.32. The molecular formula is C15H16BrNO2S. The summed E-state index contributed by atoms with van der Waals surface area (Å²) in [7, 11) is 0. The Bertz CT molecular complexity index is 595. The van der Waals surface area contributed by atoms with Gasteiger partial charge in [0.25, 0.3) is 5.91 Å². The summed E-state index contributed by atoms with van der Waals surface area (Å²) in [5.41, 5.74) is 0.610. The molecule has 0 fully saturated rings. The molecule has 3 nitrogen and oxygen atoms in total. The number of nitrogens with one attached hydrogen (secondary N) is 1. The van der Waals surface area contributed by atoms with Gasteiger partial charge in [-0.2, -0.15) is 0 Å². The van der Waals surface area contributed by atoms with Gasteiger partial charge >= 0.3 is 0 Å². The zero-order valence-electron chi connectivity index (χ0n) is 11.4. The van der Waals surface area contributed by atoms with Gasteiger partial charge in [0.15, 0.2) is 0 Å². The molecule has 0 saturated heterocycles. The molecule has 2 aromatic rings. The van der Waals surface area contributed by atoms with E-state index in [4.69, 9.17) is 4.74 Å². The van der Waals surface area contributed by atoms with Crippen LogP contribution in [0.15, 0.2) is 40.2 Å². The van der Waals surface area contributed by atoms with Crippen molar-refractivity contribution >= 4 is 33.2 Å². The van der Waals surface area contributed by atoms with E-state index in [-0.39, 0.29) is 12.0 Å². The van der Waals surface area contributed by atoms with Gasteiger partial charge in [-0.15, -0.1) is 11.3 Å². The zero-order chi connectivity index (χ0) is 14.5. The first-order valence-corrected chi connectivity index (χ1v) is 7.99. The third kappa shape index (κ3) is 4.35. The molecule has 0 unspecified atom stereocenters.